The molecule has 1 aromatic rings. The standard InChI is InChI=1S/C10H14BFO3/c1-2-3-6-15-10-7-8(11(13)14)4-5-9(10)12/h4-5,7,13-14H,2-3,6H2,1H3/i1D3,2D2,3D2,6D2. The second-order valence-corrected chi connectivity index (χ2v) is 2.52. The Labute approximate surface area is 101 Å². The quantitative estimate of drug-likeness (QED) is 0.719. The Bertz CT molecular complexity index is 606. The molecule has 0 atom stereocenters. The molecule has 5 heteroatoms. The molecule has 0 saturated heterocycles. The van der Waals surface area contributed by atoms with Crippen molar-refractivity contribution >= 4 is 12.6 Å². The molecule has 0 saturated carbocycles. The topological polar surface area (TPSA) is 49.7 Å². The van der Waals surface area contributed by atoms with Gasteiger partial charge in [0.05, 0.1) is 9.30 Å². The SMILES string of the molecule is [2H]C([2H])([2H])C([2H])([2H])C([2H])([2H])C([2H])([2H])Oc1cc(B(O)O)ccc1F. The molecular weight excluding hydrogens is 198 g/mol. The lowest BCUT2D eigenvalue weighted by molar-refractivity contribution is 0.294. The van der Waals surface area contributed by atoms with Crippen LogP contribution in [0.15, 0.2) is 18.2 Å². The third-order valence-electron chi connectivity index (χ3n) is 1.53. The van der Waals surface area contributed by atoms with Gasteiger partial charge in [0.2, 0.25) is 0 Å². The molecule has 0 spiro atoms. The van der Waals surface area contributed by atoms with E-state index in [1.807, 2.05) is 0 Å². The van der Waals surface area contributed by atoms with E-state index in [1.54, 1.807) is 0 Å². The minimum Gasteiger partial charge on any atom is -0.491 e. The van der Waals surface area contributed by atoms with E-state index in [9.17, 15) is 4.39 Å². The molecular formula is C10H14BFO3. The van der Waals surface area contributed by atoms with Gasteiger partial charge in [0.25, 0.3) is 0 Å². The average molecular weight is 221 g/mol. The highest BCUT2D eigenvalue weighted by atomic mass is 19.1. The van der Waals surface area contributed by atoms with Crippen molar-refractivity contribution in [2.75, 3.05) is 6.56 Å². The van der Waals surface area contributed by atoms with Crippen LogP contribution in [0.4, 0.5) is 4.39 Å². The van der Waals surface area contributed by atoms with Crippen LogP contribution in [0.3, 0.4) is 0 Å². The summed E-state index contributed by atoms with van der Waals surface area (Å²) in [7, 11) is -2.04. The van der Waals surface area contributed by atoms with Crippen molar-refractivity contribution in [3.8, 4) is 5.75 Å². The van der Waals surface area contributed by atoms with Crippen molar-refractivity contribution in [2.45, 2.75) is 19.6 Å². The Balaban J connectivity index is 3.29. The molecule has 1 aromatic carbocycles. The molecule has 2 N–H and O–H groups in total. The van der Waals surface area contributed by atoms with E-state index >= 15 is 0 Å². The molecule has 0 heterocycles. The van der Waals surface area contributed by atoms with Gasteiger partial charge in [-0.25, -0.2) is 4.39 Å². The number of halogens is 1. The summed E-state index contributed by atoms with van der Waals surface area (Å²) < 4.78 is 84.4. The van der Waals surface area contributed by atoms with Crippen molar-refractivity contribution in [1.29, 1.82) is 0 Å². The largest absolute Gasteiger partial charge is 0.491 e. The highest BCUT2D eigenvalue weighted by Crippen LogP contribution is 2.14. The number of hydrogen-bond donors (Lipinski definition) is 2. The maximum atomic E-state index is 13.7. The summed E-state index contributed by atoms with van der Waals surface area (Å²) in [6.45, 7) is -7.11. The van der Waals surface area contributed by atoms with Gasteiger partial charge in [0.15, 0.2) is 11.6 Å². The van der Waals surface area contributed by atoms with E-state index in [0.29, 0.717) is 12.1 Å². The normalized spacial score (nSPS) is 22.7. The molecule has 0 radical (unpaired) electrons. The van der Waals surface area contributed by atoms with Crippen LogP contribution in [0.1, 0.15) is 31.9 Å². The first-order chi connectivity index (χ1) is 10.5. The molecule has 0 amide bonds. The lowest BCUT2D eigenvalue weighted by Gasteiger charge is -2.08. The molecule has 0 aliphatic rings. The van der Waals surface area contributed by atoms with Gasteiger partial charge in [-0.1, -0.05) is 19.3 Å². The van der Waals surface area contributed by atoms with Crippen LogP contribution in [0, 0.1) is 5.82 Å². The zero-order chi connectivity index (χ0) is 19.1. The molecule has 3 nitrogen and oxygen atoms in total. The van der Waals surface area contributed by atoms with Crippen molar-refractivity contribution in [3.05, 3.63) is 24.0 Å². The summed E-state index contributed by atoms with van der Waals surface area (Å²) in [5, 5.41) is 18.0. The minimum atomic E-state index is -3.70. The van der Waals surface area contributed by atoms with Gasteiger partial charge >= 0.3 is 7.12 Å². The Morgan fingerprint density at radius 2 is 2.40 bits per heavy atom. The Hall–Kier alpha value is -1.07. The van der Waals surface area contributed by atoms with E-state index in [-0.39, 0.29) is 5.46 Å². The van der Waals surface area contributed by atoms with Crippen LogP contribution in [-0.4, -0.2) is 23.7 Å². The Kier molecular flexibility index (Phi) is 1.69. The third-order valence-corrected chi connectivity index (χ3v) is 1.53. The third kappa shape index (κ3) is 3.53. The predicted octanol–water partition coefficient (Wildman–Crippen LogP) is 0.684. The maximum Gasteiger partial charge on any atom is 0.488 e. The van der Waals surface area contributed by atoms with Crippen molar-refractivity contribution in [3.63, 3.8) is 0 Å². The highest BCUT2D eigenvalue weighted by Gasteiger charge is 2.13. The molecule has 1 rings (SSSR count). The molecule has 15 heavy (non-hydrogen) atoms. The smallest absolute Gasteiger partial charge is 0.488 e. The molecule has 82 valence electrons. The lowest BCUT2D eigenvalue weighted by Crippen LogP contribution is -2.29. The van der Waals surface area contributed by atoms with Gasteiger partial charge in [-0.15, -0.1) is 0 Å². The van der Waals surface area contributed by atoms with Crippen molar-refractivity contribution in [1.82, 2.24) is 0 Å². The summed E-state index contributed by atoms with van der Waals surface area (Å²) in [6, 6.07) is 2.34. The average Bonchev–Trinajstić information content (AvgIpc) is 2.39. The van der Waals surface area contributed by atoms with Crippen molar-refractivity contribution < 1.29 is 31.5 Å². The summed E-state index contributed by atoms with van der Waals surface area (Å²) in [5.41, 5.74) is -0.290. The summed E-state index contributed by atoms with van der Waals surface area (Å²) in [6.07, 6.45) is -7.36. The fraction of sp³-hybridized carbons (Fsp3) is 0.400. The van der Waals surface area contributed by atoms with Crippen LogP contribution in [0.2, 0.25) is 0 Å². The summed E-state index contributed by atoms with van der Waals surface area (Å²) >= 11 is 0. The van der Waals surface area contributed by atoms with Crippen LogP contribution in [0.5, 0.6) is 5.75 Å². The number of hydrogen-bond acceptors (Lipinski definition) is 3. The van der Waals surface area contributed by atoms with Crippen LogP contribution in [0.25, 0.3) is 0 Å². The van der Waals surface area contributed by atoms with Gasteiger partial charge in [-0.3, -0.25) is 0 Å². The zero-order valence-corrected chi connectivity index (χ0v) is 7.49. The first-order valence-corrected chi connectivity index (χ1v) is 3.89. The van der Waals surface area contributed by atoms with Crippen LogP contribution < -0.4 is 10.2 Å². The summed E-state index contributed by atoms with van der Waals surface area (Å²) in [5.74, 6) is -2.12. The number of ether oxygens (including phenoxy) is 1. The minimum absolute atomic E-state index is 0.290. The summed E-state index contributed by atoms with van der Waals surface area (Å²) in [4.78, 5) is 0. The van der Waals surface area contributed by atoms with E-state index in [4.69, 9.17) is 22.4 Å². The molecule has 0 fully saturated rings. The molecule has 0 aliphatic heterocycles. The van der Waals surface area contributed by atoms with E-state index < -0.39 is 44.8 Å². The predicted molar refractivity (Wildman–Crippen MR) is 56.6 cm³/mol. The first-order valence-electron chi connectivity index (χ1n) is 8.39. The van der Waals surface area contributed by atoms with Gasteiger partial charge in [0, 0.05) is 9.60 Å². The Morgan fingerprint density at radius 1 is 1.60 bits per heavy atom. The van der Waals surface area contributed by atoms with Gasteiger partial charge < -0.3 is 14.8 Å². The molecule has 0 aromatic heterocycles. The van der Waals surface area contributed by atoms with E-state index in [0.717, 1.165) is 6.07 Å². The molecule has 0 aliphatic carbocycles. The second-order valence-electron chi connectivity index (χ2n) is 2.52. The van der Waals surface area contributed by atoms with Crippen molar-refractivity contribution in [2.24, 2.45) is 0 Å². The molecule has 0 bridgehead atoms. The highest BCUT2D eigenvalue weighted by molar-refractivity contribution is 6.58. The Morgan fingerprint density at radius 3 is 3.07 bits per heavy atom. The second kappa shape index (κ2) is 5.73. The number of benzene rings is 1. The zero-order valence-electron chi connectivity index (χ0n) is 16.5. The maximum absolute atomic E-state index is 13.7. The van der Waals surface area contributed by atoms with Gasteiger partial charge in [0.1, 0.15) is 0 Å². The fourth-order valence-corrected chi connectivity index (χ4v) is 0.865. The monoisotopic (exact) mass is 221 g/mol. The van der Waals surface area contributed by atoms with Gasteiger partial charge in [-0.05, 0) is 24.0 Å². The van der Waals surface area contributed by atoms with Crippen LogP contribution in [-0.2, 0) is 0 Å². The van der Waals surface area contributed by atoms with E-state index in [2.05, 4.69) is 4.74 Å². The van der Waals surface area contributed by atoms with E-state index in [1.165, 1.54) is 0 Å². The van der Waals surface area contributed by atoms with Gasteiger partial charge in [-0.2, -0.15) is 0 Å². The van der Waals surface area contributed by atoms with Crippen LogP contribution >= 0.6 is 0 Å². The first kappa shape index (κ1) is 4.43. The number of rotatable bonds is 5. The lowest BCUT2D eigenvalue weighted by atomic mass is 9.80. The molecule has 0 unspecified atom stereocenters. The fourth-order valence-electron chi connectivity index (χ4n) is 0.865.